The highest BCUT2D eigenvalue weighted by Gasteiger charge is 2.18. The average Bonchev–Trinajstić information content (AvgIpc) is 2.54. The fraction of sp³-hybridized carbons (Fsp3) is 0.222. The predicted molar refractivity (Wildman–Crippen MR) is 88.8 cm³/mol. The van der Waals surface area contributed by atoms with E-state index in [1.807, 2.05) is 0 Å². The van der Waals surface area contributed by atoms with Gasteiger partial charge in [0.1, 0.15) is 12.4 Å². The van der Waals surface area contributed by atoms with Gasteiger partial charge in [0.2, 0.25) is 5.91 Å². The van der Waals surface area contributed by atoms with Crippen molar-refractivity contribution in [1.82, 2.24) is 5.32 Å². The Kier molecular flexibility index (Phi) is 6.32. The second-order valence-corrected chi connectivity index (χ2v) is 5.70. The third kappa shape index (κ3) is 5.35. The van der Waals surface area contributed by atoms with Crippen LogP contribution < -0.4 is 5.32 Å². The molecule has 1 unspecified atom stereocenters. The van der Waals surface area contributed by atoms with Crippen molar-refractivity contribution in [3.63, 3.8) is 0 Å². The van der Waals surface area contributed by atoms with Crippen LogP contribution in [0.2, 0.25) is 5.02 Å². The van der Waals surface area contributed by atoms with Crippen LogP contribution in [-0.2, 0) is 20.9 Å². The fourth-order valence-electron chi connectivity index (χ4n) is 2.19. The van der Waals surface area contributed by atoms with Crippen molar-refractivity contribution in [2.24, 2.45) is 0 Å². The van der Waals surface area contributed by atoms with Crippen molar-refractivity contribution in [1.29, 1.82) is 0 Å². The summed E-state index contributed by atoms with van der Waals surface area (Å²) in [5.41, 5.74) is 1.03. The lowest BCUT2D eigenvalue weighted by Gasteiger charge is -2.18. The Bertz CT molecular complexity index is 718. The molecule has 2 rings (SSSR count). The van der Waals surface area contributed by atoms with Crippen molar-refractivity contribution in [3.8, 4) is 0 Å². The van der Waals surface area contributed by atoms with Crippen LogP contribution in [0.1, 0.15) is 30.5 Å². The van der Waals surface area contributed by atoms with E-state index >= 15 is 0 Å². The van der Waals surface area contributed by atoms with Crippen LogP contribution in [0.5, 0.6) is 0 Å². The number of hydrogen-bond donors (Lipinski definition) is 1. The molecule has 1 atom stereocenters. The van der Waals surface area contributed by atoms with Crippen LogP contribution in [-0.4, -0.2) is 11.9 Å². The SMILES string of the molecule is CC(=O)NC(CC(=O)OCc1ccccc1F)c1ccc(Cl)cc1. The molecule has 0 heterocycles. The van der Waals surface area contributed by atoms with Gasteiger partial charge in [-0.2, -0.15) is 0 Å². The van der Waals surface area contributed by atoms with Gasteiger partial charge in [0.05, 0.1) is 12.5 Å². The summed E-state index contributed by atoms with van der Waals surface area (Å²) in [7, 11) is 0. The van der Waals surface area contributed by atoms with E-state index in [0.29, 0.717) is 10.6 Å². The van der Waals surface area contributed by atoms with E-state index in [2.05, 4.69) is 5.32 Å². The van der Waals surface area contributed by atoms with Crippen molar-refractivity contribution in [2.75, 3.05) is 0 Å². The molecule has 0 saturated heterocycles. The highest BCUT2D eigenvalue weighted by molar-refractivity contribution is 6.30. The van der Waals surface area contributed by atoms with E-state index in [1.54, 1.807) is 42.5 Å². The first-order chi connectivity index (χ1) is 11.5. The fourth-order valence-corrected chi connectivity index (χ4v) is 2.32. The number of esters is 1. The Morgan fingerprint density at radius 3 is 2.46 bits per heavy atom. The first-order valence-corrected chi connectivity index (χ1v) is 7.75. The lowest BCUT2D eigenvalue weighted by molar-refractivity contribution is -0.145. The number of nitrogens with one attached hydrogen (secondary N) is 1. The standard InChI is InChI=1S/C18H17ClFNO3/c1-12(22)21-17(13-6-8-15(19)9-7-13)10-18(23)24-11-14-4-2-3-5-16(14)20/h2-9,17H,10-11H2,1H3,(H,21,22). The number of halogens is 2. The quantitative estimate of drug-likeness (QED) is 0.807. The van der Waals surface area contributed by atoms with E-state index < -0.39 is 17.8 Å². The summed E-state index contributed by atoms with van der Waals surface area (Å²) < 4.78 is 18.6. The molecule has 2 aromatic carbocycles. The number of rotatable bonds is 6. The first kappa shape index (κ1) is 17.9. The van der Waals surface area contributed by atoms with Gasteiger partial charge in [0.25, 0.3) is 0 Å². The number of ether oxygens (including phenoxy) is 1. The second kappa shape index (κ2) is 8.45. The summed E-state index contributed by atoms with van der Waals surface area (Å²) in [6.45, 7) is 1.21. The maximum Gasteiger partial charge on any atom is 0.308 e. The summed E-state index contributed by atoms with van der Waals surface area (Å²) in [4.78, 5) is 23.4. The van der Waals surface area contributed by atoms with E-state index in [1.165, 1.54) is 13.0 Å². The number of carbonyl (C=O) groups is 2. The predicted octanol–water partition coefficient (Wildman–Crippen LogP) is 3.79. The molecular formula is C18H17ClFNO3. The van der Waals surface area contributed by atoms with E-state index in [0.717, 1.165) is 5.56 Å². The van der Waals surface area contributed by atoms with Crippen molar-refractivity contribution in [3.05, 3.63) is 70.5 Å². The van der Waals surface area contributed by atoms with Gasteiger partial charge in [-0.15, -0.1) is 0 Å². The maximum atomic E-state index is 13.5. The zero-order chi connectivity index (χ0) is 17.5. The molecule has 0 spiro atoms. The minimum absolute atomic E-state index is 0.0599. The van der Waals surface area contributed by atoms with Crippen molar-refractivity contribution in [2.45, 2.75) is 26.0 Å². The molecule has 6 heteroatoms. The summed E-state index contributed by atoms with van der Waals surface area (Å²) in [6, 6.07) is 12.4. The molecule has 0 aromatic heterocycles. The summed E-state index contributed by atoms with van der Waals surface area (Å²) in [5, 5.41) is 3.26. The second-order valence-electron chi connectivity index (χ2n) is 5.26. The lowest BCUT2D eigenvalue weighted by Crippen LogP contribution is -2.28. The van der Waals surface area contributed by atoms with Gasteiger partial charge in [-0.05, 0) is 23.8 Å². The van der Waals surface area contributed by atoms with Gasteiger partial charge in [0.15, 0.2) is 0 Å². The maximum absolute atomic E-state index is 13.5. The minimum Gasteiger partial charge on any atom is -0.461 e. The van der Waals surface area contributed by atoms with E-state index in [9.17, 15) is 14.0 Å². The topological polar surface area (TPSA) is 55.4 Å². The van der Waals surface area contributed by atoms with Crippen LogP contribution in [0.4, 0.5) is 4.39 Å². The van der Waals surface area contributed by atoms with Gasteiger partial charge in [-0.3, -0.25) is 9.59 Å². The summed E-state index contributed by atoms with van der Waals surface area (Å²) in [5.74, 6) is -1.23. The molecule has 1 N–H and O–H groups in total. The van der Waals surface area contributed by atoms with Gasteiger partial charge in [-0.1, -0.05) is 41.9 Å². The van der Waals surface area contributed by atoms with Crippen LogP contribution in [0, 0.1) is 5.82 Å². The Labute approximate surface area is 144 Å². The molecule has 0 fully saturated rings. The van der Waals surface area contributed by atoms with E-state index in [4.69, 9.17) is 16.3 Å². The molecule has 0 saturated carbocycles. The molecule has 24 heavy (non-hydrogen) atoms. The summed E-state index contributed by atoms with van der Waals surface area (Å²) >= 11 is 5.85. The molecule has 0 radical (unpaired) electrons. The highest BCUT2D eigenvalue weighted by atomic mass is 35.5. The van der Waals surface area contributed by atoms with Crippen LogP contribution in [0.25, 0.3) is 0 Å². The van der Waals surface area contributed by atoms with Crippen LogP contribution >= 0.6 is 11.6 Å². The molecule has 4 nitrogen and oxygen atoms in total. The number of benzene rings is 2. The van der Waals surface area contributed by atoms with Gasteiger partial charge in [-0.25, -0.2) is 4.39 Å². The first-order valence-electron chi connectivity index (χ1n) is 7.37. The van der Waals surface area contributed by atoms with Gasteiger partial charge < -0.3 is 10.1 Å². The monoisotopic (exact) mass is 349 g/mol. The molecule has 1 amide bonds. The van der Waals surface area contributed by atoms with Gasteiger partial charge >= 0.3 is 5.97 Å². The smallest absolute Gasteiger partial charge is 0.308 e. The normalized spacial score (nSPS) is 11.6. The van der Waals surface area contributed by atoms with Gasteiger partial charge in [0, 0.05) is 17.5 Å². The molecule has 0 aliphatic rings. The molecular weight excluding hydrogens is 333 g/mol. The average molecular weight is 350 g/mol. The number of hydrogen-bond acceptors (Lipinski definition) is 3. The molecule has 2 aromatic rings. The third-order valence-electron chi connectivity index (χ3n) is 3.37. The van der Waals surface area contributed by atoms with E-state index in [-0.39, 0.29) is 18.9 Å². The Balaban J connectivity index is 2.00. The third-order valence-corrected chi connectivity index (χ3v) is 3.62. The Morgan fingerprint density at radius 1 is 1.17 bits per heavy atom. The minimum atomic E-state index is -0.535. The van der Waals surface area contributed by atoms with Crippen LogP contribution in [0.3, 0.4) is 0 Å². The number of carbonyl (C=O) groups excluding carboxylic acids is 2. The molecule has 126 valence electrons. The zero-order valence-corrected chi connectivity index (χ0v) is 13.8. The molecule has 0 bridgehead atoms. The van der Waals surface area contributed by atoms with Crippen molar-refractivity contribution >= 4 is 23.5 Å². The Hall–Kier alpha value is -2.40. The Morgan fingerprint density at radius 2 is 1.83 bits per heavy atom. The highest BCUT2D eigenvalue weighted by Crippen LogP contribution is 2.20. The molecule has 0 aliphatic carbocycles. The largest absolute Gasteiger partial charge is 0.461 e. The van der Waals surface area contributed by atoms with Crippen molar-refractivity contribution < 1.29 is 18.7 Å². The van der Waals surface area contributed by atoms with Crippen LogP contribution in [0.15, 0.2) is 48.5 Å². The lowest BCUT2D eigenvalue weighted by atomic mass is 10.0. The zero-order valence-electron chi connectivity index (χ0n) is 13.1. The summed E-state index contributed by atoms with van der Waals surface area (Å²) in [6.07, 6.45) is -0.0599. The number of amides is 1. The molecule has 0 aliphatic heterocycles.